The number of nitrogens with one attached hydrogen (secondary N) is 1. The number of rotatable bonds is 6. The quantitative estimate of drug-likeness (QED) is 0.605. The number of carbonyl (C=O) groups is 2. The predicted molar refractivity (Wildman–Crippen MR) is 124 cm³/mol. The van der Waals surface area contributed by atoms with Crippen molar-refractivity contribution in [3.05, 3.63) is 18.2 Å². The molecule has 1 aromatic carbocycles. The van der Waals surface area contributed by atoms with Gasteiger partial charge in [-0.1, -0.05) is 32.1 Å². The molecule has 0 atom stereocenters. The van der Waals surface area contributed by atoms with Crippen LogP contribution in [0.4, 0.5) is 0 Å². The summed E-state index contributed by atoms with van der Waals surface area (Å²) in [4.78, 5) is 24.9. The molecule has 10 heteroatoms. The first-order valence-corrected chi connectivity index (χ1v) is 13.7. The van der Waals surface area contributed by atoms with Gasteiger partial charge in [0.25, 0.3) is 5.91 Å². The maximum absolute atomic E-state index is 13.1. The summed E-state index contributed by atoms with van der Waals surface area (Å²) in [6.45, 7) is 0.953. The van der Waals surface area contributed by atoms with Crippen LogP contribution in [0.25, 0.3) is 0 Å². The summed E-state index contributed by atoms with van der Waals surface area (Å²) in [5.41, 5.74) is 0. The minimum Gasteiger partial charge on any atom is -0.486 e. The molecule has 1 N–H and O–H groups in total. The van der Waals surface area contributed by atoms with E-state index >= 15 is 0 Å². The van der Waals surface area contributed by atoms with Gasteiger partial charge in [-0.15, -0.1) is 0 Å². The molecule has 1 aromatic rings. The minimum absolute atomic E-state index is 0.142. The van der Waals surface area contributed by atoms with Crippen molar-refractivity contribution in [1.29, 1.82) is 0 Å². The van der Waals surface area contributed by atoms with Crippen LogP contribution in [-0.4, -0.2) is 63.6 Å². The molecule has 4 rings (SSSR count). The molecule has 0 bridgehead atoms. The van der Waals surface area contributed by atoms with Crippen LogP contribution in [0.3, 0.4) is 0 Å². The van der Waals surface area contributed by atoms with Crippen molar-refractivity contribution < 1.29 is 32.2 Å². The van der Waals surface area contributed by atoms with Gasteiger partial charge in [0.1, 0.15) is 13.2 Å². The molecule has 2 heterocycles. The molecule has 1 amide bonds. The summed E-state index contributed by atoms with van der Waals surface area (Å²) in [7, 11) is -3.71. The van der Waals surface area contributed by atoms with E-state index in [1.54, 1.807) is 6.07 Å². The van der Waals surface area contributed by atoms with Gasteiger partial charge in [-0.3, -0.25) is 9.59 Å². The normalized spacial score (nSPS) is 20.7. The van der Waals surface area contributed by atoms with Crippen molar-refractivity contribution in [1.82, 2.24) is 9.62 Å². The zero-order valence-electron chi connectivity index (χ0n) is 19.5. The van der Waals surface area contributed by atoms with Gasteiger partial charge in [0.15, 0.2) is 18.1 Å². The molecule has 1 aliphatic carbocycles. The summed E-state index contributed by atoms with van der Waals surface area (Å²) in [5, 5.41) is 2.99. The standard InChI is InChI=1S/C24H34N2O7S/c27-23(25-19-6-4-2-1-3-5-7-19)17-33-24(28)18-10-12-26(13-11-18)34(29,30)20-8-9-21-22(16-20)32-15-14-31-21/h8-9,16,18-19H,1-7,10-15,17H2,(H,25,27). The molecule has 1 saturated carbocycles. The summed E-state index contributed by atoms with van der Waals surface area (Å²) >= 11 is 0. The number of piperidine rings is 1. The first-order chi connectivity index (χ1) is 16.4. The van der Waals surface area contributed by atoms with E-state index in [4.69, 9.17) is 14.2 Å². The summed E-state index contributed by atoms with van der Waals surface area (Å²) in [5.74, 6) is -0.170. The van der Waals surface area contributed by atoms with E-state index < -0.39 is 21.9 Å². The Balaban J connectivity index is 1.23. The number of esters is 1. The summed E-state index contributed by atoms with van der Waals surface area (Å²) in [6, 6.07) is 4.75. The van der Waals surface area contributed by atoms with Gasteiger partial charge in [0.05, 0.1) is 10.8 Å². The first-order valence-electron chi connectivity index (χ1n) is 12.3. The maximum Gasteiger partial charge on any atom is 0.309 e. The highest BCUT2D eigenvalue weighted by atomic mass is 32.2. The average Bonchev–Trinajstić information content (AvgIpc) is 2.84. The highest BCUT2D eigenvalue weighted by Gasteiger charge is 2.33. The number of carbonyl (C=O) groups excluding carboxylic acids is 2. The van der Waals surface area contributed by atoms with Crippen LogP contribution in [0, 0.1) is 5.92 Å². The lowest BCUT2D eigenvalue weighted by atomic mass is 9.97. The predicted octanol–water partition coefficient (Wildman–Crippen LogP) is 2.63. The molecule has 0 aromatic heterocycles. The Bertz CT molecular complexity index is 966. The van der Waals surface area contributed by atoms with Crippen LogP contribution < -0.4 is 14.8 Å². The molecule has 0 spiro atoms. The van der Waals surface area contributed by atoms with Gasteiger partial charge in [0, 0.05) is 25.2 Å². The Labute approximate surface area is 201 Å². The van der Waals surface area contributed by atoms with E-state index in [1.165, 1.54) is 35.7 Å². The fraction of sp³-hybridized carbons (Fsp3) is 0.667. The van der Waals surface area contributed by atoms with Crippen LogP contribution in [0.2, 0.25) is 0 Å². The Kier molecular flexibility index (Phi) is 8.31. The largest absolute Gasteiger partial charge is 0.486 e. The second-order valence-corrected chi connectivity index (χ2v) is 11.1. The average molecular weight is 495 g/mol. The van der Waals surface area contributed by atoms with Gasteiger partial charge >= 0.3 is 5.97 Å². The molecule has 0 unspecified atom stereocenters. The number of amides is 1. The lowest BCUT2D eigenvalue weighted by molar-refractivity contribution is -0.153. The molecule has 1 saturated heterocycles. The van der Waals surface area contributed by atoms with Crippen LogP contribution in [-0.2, 0) is 24.3 Å². The number of hydrogen-bond acceptors (Lipinski definition) is 7. The van der Waals surface area contributed by atoms with Crippen molar-refractivity contribution in [3.8, 4) is 11.5 Å². The lowest BCUT2D eigenvalue weighted by Crippen LogP contribution is -2.42. The van der Waals surface area contributed by atoms with Crippen LogP contribution in [0.15, 0.2) is 23.1 Å². The van der Waals surface area contributed by atoms with Crippen LogP contribution in [0.1, 0.15) is 57.8 Å². The molecule has 188 valence electrons. The third-order valence-electron chi connectivity index (χ3n) is 6.75. The van der Waals surface area contributed by atoms with Gasteiger partial charge < -0.3 is 19.5 Å². The van der Waals surface area contributed by atoms with E-state index in [2.05, 4.69) is 5.32 Å². The third kappa shape index (κ3) is 6.21. The number of hydrogen-bond donors (Lipinski definition) is 1. The van der Waals surface area contributed by atoms with Crippen LogP contribution >= 0.6 is 0 Å². The van der Waals surface area contributed by atoms with E-state index in [0.29, 0.717) is 37.6 Å². The van der Waals surface area contributed by atoms with Gasteiger partial charge in [-0.2, -0.15) is 4.31 Å². The zero-order chi connectivity index (χ0) is 24.0. The van der Waals surface area contributed by atoms with E-state index in [-0.39, 0.29) is 36.5 Å². The molecule has 2 aliphatic heterocycles. The summed E-state index contributed by atoms with van der Waals surface area (Å²) in [6.07, 6.45) is 8.52. The van der Waals surface area contributed by atoms with Gasteiger partial charge in [-0.05, 0) is 37.8 Å². The molecule has 34 heavy (non-hydrogen) atoms. The number of ether oxygens (including phenoxy) is 3. The van der Waals surface area contributed by atoms with E-state index in [0.717, 1.165) is 25.7 Å². The Morgan fingerprint density at radius 2 is 1.59 bits per heavy atom. The van der Waals surface area contributed by atoms with E-state index in [9.17, 15) is 18.0 Å². The molecule has 2 fully saturated rings. The third-order valence-corrected chi connectivity index (χ3v) is 8.65. The molecular weight excluding hydrogens is 460 g/mol. The van der Waals surface area contributed by atoms with Crippen LogP contribution in [0.5, 0.6) is 11.5 Å². The Hall–Kier alpha value is -2.33. The second-order valence-electron chi connectivity index (χ2n) is 9.20. The van der Waals surface area contributed by atoms with Crippen molar-refractivity contribution in [2.45, 2.75) is 68.7 Å². The molecular formula is C24H34N2O7S. The Morgan fingerprint density at radius 3 is 2.29 bits per heavy atom. The minimum atomic E-state index is -3.71. The fourth-order valence-corrected chi connectivity index (χ4v) is 6.28. The van der Waals surface area contributed by atoms with E-state index in [1.807, 2.05) is 0 Å². The highest BCUT2D eigenvalue weighted by molar-refractivity contribution is 7.89. The SMILES string of the molecule is O=C(COC(=O)C1CCN(S(=O)(=O)c2ccc3c(c2)OCCO3)CC1)NC1CCCCCCC1. The lowest BCUT2D eigenvalue weighted by Gasteiger charge is -2.30. The van der Waals surface area contributed by atoms with Gasteiger partial charge in [-0.25, -0.2) is 8.42 Å². The second kappa shape index (κ2) is 11.4. The fourth-order valence-electron chi connectivity index (χ4n) is 4.79. The Morgan fingerprint density at radius 1 is 0.941 bits per heavy atom. The van der Waals surface area contributed by atoms with Crippen molar-refractivity contribution in [2.75, 3.05) is 32.9 Å². The number of nitrogens with zero attached hydrogens (tertiary/aromatic N) is 1. The maximum atomic E-state index is 13.1. The van der Waals surface area contributed by atoms with Crippen molar-refractivity contribution in [2.24, 2.45) is 5.92 Å². The smallest absolute Gasteiger partial charge is 0.309 e. The summed E-state index contributed by atoms with van der Waals surface area (Å²) < 4.78 is 43.7. The number of fused-ring (bicyclic) bond motifs is 1. The highest BCUT2D eigenvalue weighted by Crippen LogP contribution is 2.34. The molecule has 0 radical (unpaired) electrons. The first kappa shape index (κ1) is 24.8. The topological polar surface area (TPSA) is 111 Å². The van der Waals surface area contributed by atoms with Crippen molar-refractivity contribution in [3.63, 3.8) is 0 Å². The number of sulfonamides is 1. The number of benzene rings is 1. The van der Waals surface area contributed by atoms with Gasteiger partial charge in [0.2, 0.25) is 10.0 Å². The molecule has 3 aliphatic rings. The van der Waals surface area contributed by atoms with Crippen molar-refractivity contribution >= 4 is 21.9 Å². The zero-order valence-corrected chi connectivity index (χ0v) is 20.3. The monoisotopic (exact) mass is 494 g/mol. The molecule has 9 nitrogen and oxygen atoms in total.